The van der Waals surface area contributed by atoms with E-state index in [0.717, 1.165) is 5.56 Å². The minimum atomic E-state index is -3.60. The maximum absolute atomic E-state index is 11.1. The van der Waals surface area contributed by atoms with Crippen LogP contribution in [0.2, 0.25) is 5.02 Å². The second-order valence-corrected chi connectivity index (χ2v) is 5.11. The Morgan fingerprint density at radius 2 is 1.93 bits per heavy atom. The van der Waals surface area contributed by atoms with Gasteiger partial charge in [-0.15, -0.1) is 0 Å². The molecule has 2 N–H and O–H groups in total. The Morgan fingerprint density at radius 1 is 1.40 bits per heavy atom. The van der Waals surface area contributed by atoms with E-state index in [9.17, 15) is 8.42 Å². The first kappa shape index (κ1) is 12.2. The second-order valence-electron chi connectivity index (χ2n) is 3.06. The highest BCUT2D eigenvalue weighted by Gasteiger charge is 2.08. The normalized spacial score (nSPS) is 12.9. The lowest BCUT2D eigenvalue weighted by Crippen LogP contribution is -2.13. The highest BCUT2D eigenvalue weighted by atomic mass is 35.5. The summed E-state index contributed by atoms with van der Waals surface area (Å²) in [6.07, 6.45) is 1.92. The Hall–Kier alpha value is -0.840. The van der Waals surface area contributed by atoms with Crippen molar-refractivity contribution in [2.75, 3.05) is 0 Å². The van der Waals surface area contributed by atoms with Gasteiger partial charge >= 0.3 is 0 Å². The molecule has 0 atom stereocenters. The van der Waals surface area contributed by atoms with E-state index in [1.807, 2.05) is 0 Å². The average molecular weight is 246 g/mol. The van der Waals surface area contributed by atoms with Gasteiger partial charge < -0.3 is 0 Å². The summed E-state index contributed by atoms with van der Waals surface area (Å²) in [5, 5.41) is 5.66. The van der Waals surface area contributed by atoms with E-state index in [0.29, 0.717) is 11.4 Å². The van der Waals surface area contributed by atoms with Crippen molar-refractivity contribution in [3.05, 3.63) is 39.8 Å². The van der Waals surface area contributed by atoms with Gasteiger partial charge in [0.25, 0.3) is 0 Å². The third kappa shape index (κ3) is 3.66. The predicted molar refractivity (Wildman–Crippen MR) is 62.8 cm³/mol. The highest BCUT2D eigenvalue weighted by Crippen LogP contribution is 2.15. The number of nitrogens with two attached hydrogens (primary N) is 1. The Kier molecular flexibility index (Phi) is 3.90. The van der Waals surface area contributed by atoms with Crippen molar-refractivity contribution in [1.29, 1.82) is 0 Å². The molecule has 1 aromatic carbocycles. The van der Waals surface area contributed by atoms with Gasteiger partial charge in [0, 0.05) is 5.02 Å². The zero-order valence-corrected chi connectivity index (χ0v) is 9.85. The first-order chi connectivity index (χ1) is 6.93. The molecule has 0 aliphatic carbocycles. The maximum Gasteiger partial charge on any atom is 0.234 e. The number of halogens is 1. The standard InChI is InChI=1S/C10H12ClNO2S/c1-2-10(15(12,13)14)7-8-3-5-9(11)6-4-8/h3-7H,2H2,1H3,(H2,12,13,14). The molecule has 5 heteroatoms. The molecule has 1 rings (SSSR count). The molecular weight excluding hydrogens is 234 g/mol. The number of hydrogen-bond acceptors (Lipinski definition) is 2. The molecule has 0 aliphatic rings. The molecule has 15 heavy (non-hydrogen) atoms. The summed E-state index contributed by atoms with van der Waals surface area (Å²) in [5.74, 6) is 0. The fourth-order valence-electron chi connectivity index (χ4n) is 1.13. The topological polar surface area (TPSA) is 60.2 Å². The van der Waals surface area contributed by atoms with Crippen LogP contribution in [0.1, 0.15) is 18.9 Å². The summed E-state index contributed by atoms with van der Waals surface area (Å²) in [5.41, 5.74) is 0.769. The van der Waals surface area contributed by atoms with Crippen molar-refractivity contribution in [1.82, 2.24) is 0 Å². The summed E-state index contributed by atoms with van der Waals surface area (Å²) in [6, 6.07) is 6.87. The van der Waals surface area contributed by atoms with Gasteiger partial charge in [0.2, 0.25) is 10.0 Å². The molecule has 1 aromatic rings. The molecule has 0 spiro atoms. The lowest BCUT2D eigenvalue weighted by atomic mass is 10.2. The van der Waals surface area contributed by atoms with E-state index in [1.165, 1.54) is 0 Å². The van der Waals surface area contributed by atoms with Crippen LogP contribution in [0.25, 0.3) is 6.08 Å². The van der Waals surface area contributed by atoms with Crippen LogP contribution >= 0.6 is 11.6 Å². The van der Waals surface area contributed by atoms with Crippen LogP contribution in [0, 0.1) is 0 Å². The van der Waals surface area contributed by atoms with Crippen molar-refractivity contribution >= 4 is 27.7 Å². The molecule has 0 radical (unpaired) electrons. The molecule has 0 amide bonds. The molecule has 0 heterocycles. The van der Waals surface area contributed by atoms with Crippen LogP contribution in [-0.4, -0.2) is 8.42 Å². The predicted octanol–water partition coefficient (Wildman–Crippen LogP) is 2.38. The molecule has 0 saturated heterocycles. The SMILES string of the molecule is CCC(=Cc1ccc(Cl)cc1)S(N)(=O)=O. The number of primary sulfonamides is 1. The monoisotopic (exact) mass is 245 g/mol. The van der Waals surface area contributed by atoms with Gasteiger partial charge in [-0.2, -0.15) is 0 Å². The maximum atomic E-state index is 11.1. The Morgan fingerprint density at radius 3 is 2.33 bits per heavy atom. The van der Waals surface area contributed by atoms with Crippen molar-refractivity contribution in [3.8, 4) is 0 Å². The van der Waals surface area contributed by atoms with E-state index in [-0.39, 0.29) is 4.91 Å². The lowest BCUT2D eigenvalue weighted by molar-refractivity contribution is 0.602. The third-order valence-electron chi connectivity index (χ3n) is 1.91. The van der Waals surface area contributed by atoms with Crippen LogP contribution in [-0.2, 0) is 10.0 Å². The van der Waals surface area contributed by atoms with E-state index in [4.69, 9.17) is 16.7 Å². The highest BCUT2D eigenvalue weighted by molar-refractivity contribution is 7.93. The van der Waals surface area contributed by atoms with Gasteiger partial charge in [0.05, 0.1) is 4.91 Å². The van der Waals surface area contributed by atoms with E-state index >= 15 is 0 Å². The molecule has 82 valence electrons. The molecule has 0 bridgehead atoms. The lowest BCUT2D eigenvalue weighted by Gasteiger charge is -2.01. The fraction of sp³-hybridized carbons (Fsp3) is 0.200. The minimum Gasteiger partial charge on any atom is -0.225 e. The van der Waals surface area contributed by atoms with Crippen molar-refractivity contribution < 1.29 is 8.42 Å². The van der Waals surface area contributed by atoms with Crippen LogP contribution in [0.5, 0.6) is 0 Å². The van der Waals surface area contributed by atoms with Gasteiger partial charge in [0.15, 0.2) is 0 Å². The summed E-state index contributed by atoms with van der Waals surface area (Å²) in [4.78, 5) is 0.213. The first-order valence-electron chi connectivity index (χ1n) is 4.42. The van der Waals surface area contributed by atoms with Gasteiger partial charge in [0.1, 0.15) is 0 Å². The summed E-state index contributed by atoms with van der Waals surface area (Å²) in [6.45, 7) is 1.74. The zero-order valence-electron chi connectivity index (χ0n) is 8.27. The summed E-state index contributed by atoms with van der Waals surface area (Å²) < 4.78 is 22.2. The molecule has 0 saturated carbocycles. The van der Waals surface area contributed by atoms with Crippen LogP contribution < -0.4 is 5.14 Å². The van der Waals surface area contributed by atoms with Crippen molar-refractivity contribution in [2.24, 2.45) is 5.14 Å². The summed E-state index contributed by atoms with van der Waals surface area (Å²) >= 11 is 5.71. The summed E-state index contributed by atoms with van der Waals surface area (Å²) in [7, 11) is -3.60. The van der Waals surface area contributed by atoms with Gasteiger partial charge in [-0.1, -0.05) is 30.7 Å². The van der Waals surface area contributed by atoms with Crippen molar-refractivity contribution in [2.45, 2.75) is 13.3 Å². The molecule has 0 fully saturated rings. The first-order valence-corrected chi connectivity index (χ1v) is 6.35. The van der Waals surface area contributed by atoms with E-state index in [2.05, 4.69) is 0 Å². The number of benzene rings is 1. The minimum absolute atomic E-state index is 0.213. The quantitative estimate of drug-likeness (QED) is 0.889. The van der Waals surface area contributed by atoms with Crippen molar-refractivity contribution in [3.63, 3.8) is 0 Å². The fourth-order valence-corrected chi connectivity index (χ4v) is 1.96. The largest absolute Gasteiger partial charge is 0.234 e. The van der Waals surface area contributed by atoms with Gasteiger partial charge in [-0.25, -0.2) is 13.6 Å². The average Bonchev–Trinajstić information content (AvgIpc) is 2.15. The van der Waals surface area contributed by atoms with Gasteiger partial charge in [-0.05, 0) is 30.2 Å². The van der Waals surface area contributed by atoms with E-state index < -0.39 is 10.0 Å². The molecule has 0 unspecified atom stereocenters. The number of allylic oxidation sites excluding steroid dienone is 1. The van der Waals surface area contributed by atoms with Gasteiger partial charge in [-0.3, -0.25) is 0 Å². The number of sulfonamides is 1. The smallest absolute Gasteiger partial charge is 0.225 e. The van der Waals surface area contributed by atoms with Crippen LogP contribution in [0.3, 0.4) is 0 Å². The number of hydrogen-bond donors (Lipinski definition) is 1. The molecule has 3 nitrogen and oxygen atoms in total. The Labute approximate surface area is 94.6 Å². The second kappa shape index (κ2) is 4.79. The molecule has 0 aromatic heterocycles. The molecular formula is C10H12ClNO2S. The van der Waals surface area contributed by atoms with Crippen LogP contribution in [0.15, 0.2) is 29.2 Å². The molecule has 0 aliphatic heterocycles. The Balaban J connectivity index is 3.10. The number of rotatable bonds is 3. The van der Waals surface area contributed by atoms with E-state index in [1.54, 1.807) is 37.3 Å². The van der Waals surface area contributed by atoms with Crippen LogP contribution in [0.4, 0.5) is 0 Å². The Bertz CT molecular complexity index is 463. The zero-order chi connectivity index (χ0) is 11.5. The third-order valence-corrected chi connectivity index (χ3v) is 3.30.